The third kappa shape index (κ3) is 7.50. The van der Waals surface area contributed by atoms with E-state index in [0.29, 0.717) is 11.4 Å². The van der Waals surface area contributed by atoms with E-state index in [-0.39, 0.29) is 23.4 Å². The van der Waals surface area contributed by atoms with Gasteiger partial charge in [0.25, 0.3) is 10.0 Å². The molecule has 1 aliphatic carbocycles. The van der Waals surface area contributed by atoms with Gasteiger partial charge in [-0.25, -0.2) is 8.42 Å². The second kappa shape index (κ2) is 13.9. The molecular weight excluding hydrogens is 550 g/mol. The fourth-order valence-corrected chi connectivity index (χ4v) is 6.94. The zero-order chi connectivity index (χ0) is 30.3. The highest BCUT2D eigenvalue weighted by Gasteiger charge is 2.33. The zero-order valence-electron chi connectivity index (χ0n) is 24.9. The molecule has 0 saturated heterocycles. The van der Waals surface area contributed by atoms with Crippen LogP contribution in [0.2, 0.25) is 0 Å². The van der Waals surface area contributed by atoms with Gasteiger partial charge in [0.05, 0.1) is 17.7 Å². The van der Waals surface area contributed by atoms with Gasteiger partial charge in [0.15, 0.2) is 0 Å². The van der Waals surface area contributed by atoms with Gasteiger partial charge >= 0.3 is 0 Å². The molecule has 1 aliphatic rings. The normalized spacial score (nSPS) is 14.6. The minimum atomic E-state index is -4.10. The highest BCUT2D eigenvalue weighted by molar-refractivity contribution is 7.92. The monoisotopic (exact) mass is 591 g/mol. The van der Waals surface area contributed by atoms with Gasteiger partial charge in [-0.1, -0.05) is 67.3 Å². The van der Waals surface area contributed by atoms with E-state index >= 15 is 0 Å². The second-order valence-corrected chi connectivity index (χ2v) is 12.9. The first-order valence-corrected chi connectivity index (χ1v) is 15.9. The molecule has 0 unspecified atom stereocenters. The minimum Gasteiger partial charge on any atom is -0.497 e. The third-order valence-corrected chi connectivity index (χ3v) is 9.61. The summed E-state index contributed by atoms with van der Waals surface area (Å²) in [5, 5.41) is 3.13. The molecule has 0 radical (unpaired) electrons. The standard InChI is InChI=1S/C33H41N3O5S/c1-24-18-19-31(25(2)20-24)36(42(39,40)30-16-9-6-10-17-30)23-32(37)35(22-27-12-11-15-29(21-27)41-4)26(3)33(38)34-28-13-7-5-8-14-28/h6,9-12,15-21,26,28H,5,7-8,13-14,22-23H2,1-4H3,(H,34,38)/t26-/m1/s1. The molecule has 1 atom stereocenters. The fraction of sp³-hybridized carbons (Fsp3) is 0.394. The molecule has 1 saturated carbocycles. The van der Waals surface area contributed by atoms with Crippen molar-refractivity contribution in [2.75, 3.05) is 18.0 Å². The number of hydrogen-bond acceptors (Lipinski definition) is 5. The number of carbonyl (C=O) groups is 2. The van der Waals surface area contributed by atoms with Crippen LogP contribution in [0.15, 0.2) is 77.7 Å². The fourth-order valence-electron chi connectivity index (χ4n) is 5.44. The van der Waals surface area contributed by atoms with Gasteiger partial charge in [-0.05, 0) is 75.1 Å². The SMILES string of the molecule is COc1cccc(CN(C(=O)CN(c2ccc(C)cc2C)S(=O)(=O)c2ccccc2)[C@H](C)C(=O)NC2CCCCC2)c1. The highest BCUT2D eigenvalue weighted by atomic mass is 32.2. The van der Waals surface area contributed by atoms with Crippen LogP contribution in [0.1, 0.15) is 55.7 Å². The lowest BCUT2D eigenvalue weighted by Crippen LogP contribution is -2.53. The molecule has 42 heavy (non-hydrogen) atoms. The van der Waals surface area contributed by atoms with Gasteiger partial charge in [-0.15, -0.1) is 0 Å². The number of nitrogens with zero attached hydrogens (tertiary/aromatic N) is 2. The Labute approximate surface area is 249 Å². The lowest BCUT2D eigenvalue weighted by Gasteiger charge is -2.33. The number of rotatable bonds is 11. The van der Waals surface area contributed by atoms with Crippen LogP contribution in [0.4, 0.5) is 5.69 Å². The maximum absolute atomic E-state index is 14.2. The van der Waals surface area contributed by atoms with E-state index in [4.69, 9.17) is 4.74 Å². The number of anilines is 1. The Balaban J connectivity index is 1.70. The lowest BCUT2D eigenvalue weighted by molar-refractivity contribution is -0.139. The summed E-state index contributed by atoms with van der Waals surface area (Å²) in [6, 6.07) is 20.1. The first-order valence-electron chi connectivity index (χ1n) is 14.5. The van der Waals surface area contributed by atoms with Gasteiger partial charge in [-0.2, -0.15) is 0 Å². The molecule has 1 N–H and O–H groups in total. The predicted molar refractivity (Wildman–Crippen MR) is 165 cm³/mol. The average Bonchev–Trinajstić information content (AvgIpc) is 2.99. The summed E-state index contributed by atoms with van der Waals surface area (Å²) in [6.07, 6.45) is 5.12. The van der Waals surface area contributed by atoms with Gasteiger partial charge in [-0.3, -0.25) is 13.9 Å². The molecule has 9 heteroatoms. The molecular formula is C33H41N3O5S. The van der Waals surface area contributed by atoms with E-state index in [1.807, 2.05) is 50.2 Å². The first kappa shape index (κ1) is 31.1. The molecule has 0 aliphatic heterocycles. The van der Waals surface area contributed by atoms with Gasteiger partial charge < -0.3 is 15.0 Å². The summed E-state index contributed by atoms with van der Waals surface area (Å²) in [5.41, 5.74) is 2.89. The molecule has 3 aromatic rings. The molecule has 4 rings (SSSR count). The number of ether oxygens (including phenoxy) is 1. The Morgan fingerprint density at radius 3 is 2.33 bits per heavy atom. The highest BCUT2D eigenvalue weighted by Crippen LogP contribution is 2.28. The maximum Gasteiger partial charge on any atom is 0.264 e. The van der Waals surface area contributed by atoms with Crippen molar-refractivity contribution < 1.29 is 22.7 Å². The van der Waals surface area contributed by atoms with Crippen LogP contribution in [-0.4, -0.2) is 50.9 Å². The van der Waals surface area contributed by atoms with Crippen LogP contribution < -0.4 is 14.4 Å². The van der Waals surface area contributed by atoms with E-state index in [9.17, 15) is 18.0 Å². The number of benzene rings is 3. The molecule has 2 amide bonds. The second-order valence-electron chi connectivity index (χ2n) is 11.0. The molecule has 3 aromatic carbocycles. The van der Waals surface area contributed by atoms with Crippen molar-refractivity contribution in [1.29, 1.82) is 0 Å². The van der Waals surface area contributed by atoms with Crippen LogP contribution in [-0.2, 0) is 26.2 Å². The van der Waals surface area contributed by atoms with Gasteiger partial charge in [0.2, 0.25) is 11.8 Å². The Morgan fingerprint density at radius 2 is 1.67 bits per heavy atom. The van der Waals surface area contributed by atoms with Crippen LogP contribution in [0, 0.1) is 13.8 Å². The smallest absolute Gasteiger partial charge is 0.264 e. The van der Waals surface area contributed by atoms with Crippen molar-refractivity contribution in [3.05, 3.63) is 89.5 Å². The summed E-state index contributed by atoms with van der Waals surface area (Å²) in [7, 11) is -2.54. The summed E-state index contributed by atoms with van der Waals surface area (Å²) < 4.78 is 34.5. The Hall–Kier alpha value is -3.85. The van der Waals surface area contributed by atoms with E-state index in [2.05, 4.69) is 5.32 Å². The van der Waals surface area contributed by atoms with E-state index in [1.54, 1.807) is 38.3 Å². The molecule has 8 nitrogen and oxygen atoms in total. The number of methoxy groups -OCH3 is 1. The first-order chi connectivity index (χ1) is 20.1. The van der Waals surface area contributed by atoms with Crippen LogP contribution in [0.5, 0.6) is 5.75 Å². The Bertz CT molecular complexity index is 1490. The molecule has 0 aromatic heterocycles. The molecule has 0 heterocycles. The number of amides is 2. The Morgan fingerprint density at radius 1 is 0.952 bits per heavy atom. The molecule has 1 fully saturated rings. The quantitative estimate of drug-likeness (QED) is 0.323. The van der Waals surface area contributed by atoms with Crippen molar-refractivity contribution in [2.24, 2.45) is 0 Å². The number of sulfonamides is 1. The largest absolute Gasteiger partial charge is 0.497 e. The zero-order valence-corrected chi connectivity index (χ0v) is 25.7. The summed E-state index contributed by atoms with van der Waals surface area (Å²) >= 11 is 0. The van der Waals surface area contributed by atoms with E-state index in [1.165, 1.54) is 17.0 Å². The van der Waals surface area contributed by atoms with Crippen LogP contribution in [0.3, 0.4) is 0 Å². The van der Waals surface area contributed by atoms with Crippen molar-refractivity contribution in [3.63, 3.8) is 0 Å². The third-order valence-electron chi connectivity index (χ3n) is 7.84. The van der Waals surface area contributed by atoms with Crippen molar-refractivity contribution in [3.8, 4) is 5.75 Å². The minimum absolute atomic E-state index is 0.0765. The average molecular weight is 592 g/mol. The molecule has 0 bridgehead atoms. The number of carbonyl (C=O) groups excluding carboxylic acids is 2. The maximum atomic E-state index is 14.2. The topological polar surface area (TPSA) is 96.0 Å². The van der Waals surface area contributed by atoms with Crippen molar-refractivity contribution in [2.45, 2.75) is 76.4 Å². The van der Waals surface area contributed by atoms with Gasteiger partial charge in [0.1, 0.15) is 18.3 Å². The number of hydrogen-bond donors (Lipinski definition) is 1. The predicted octanol–water partition coefficient (Wildman–Crippen LogP) is 5.37. The number of nitrogens with one attached hydrogen (secondary N) is 1. The van der Waals surface area contributed by atoms with Gasteiger partial charge in [0, 0.05) is 12.6 Å². The van der Waals surface area contributed by atoms with Crippen molar-refractivity contribution in [1.82, 2.24) is 10.2 Å². The molecule has 0 spiro atoms. The molecule has 224 valence electrons. The van der Waals surface area contributed by atoms with E-state index < -0.39 is 28.5 Å². The van der Waals surface area contributed by atoms with E-state index in [0.717, 1.165) is 53.1 Å². The summed E-state index contributed by atoms with van der Waals surface area (Å²) in [4.78, 5) is 29.2. The Kier molecular flexibility index (Phi) is 10.3. The van der Waals surface area contributed by atoms with Crippen LogP contribution >= 0.6 is 0 Å². The van der Waals surface area contributed by atoms with Crippen molar-refractivity contribution >= 4 is 27.5 Å². The summed E-state index contributed by atoms with van der Waals surface area (Å²) in [6.45, 7) is 5.10. The lowest BCUT2D eigenvalue weighted by atomic mass is 9.95. The number of aryl methyl sites for hydroxylation is 2. The van der Waals surface area contributed by atoms with Crippen LogP contribution in [0.25, 0.3) is 0 Å². The summed E-state index contributed by atoms with van der Waals surface area (Å²) in [5.74, 6) is -0.103.